The highest BCUT2D eigenvalue weighted by Crippen LogP contribution is 2.35. The molecule has 132 valence electrons. The van der Waals surface area contributed by atoms with E-state index in [1.54, 1.807) is 14.0 Å². The molecule has 2 rings (SSSR count). The maximum absolute atomic E-state index is 12.2. The van der Waals surface area contributed by atoms with E-state index in [4.69, 9.17) is 9.47 Å². The number of esters is 1. The third kappa shape index (κ3) is 4.96. The predicted molar refractivity (Wildman–Crippen MR) is 99.5 cm³/mol. The molecule has 0 bridgehead atoms. The molecule has 0 amide bonds. The number of hydrogen-bond acceptors (Lipinski definition) is 6. The molecule has 0 aliphatic heterocycles. The monoisotopic (exact) mass is 351 g/mol. The van der Waals surface area contributed by atoms with E-state index >= 15 is 0 Å². The zero-order chi connectivity index (χ0) is 18.1. The maximum Gasteiger partial charge on any atom is 0.306 e. The molecule has 6 heteroatoms. The Labute approximate surface area is 147 Å². The number of ether oxygens (including phenoxy) is 2. The molecule has 24 heavy (non-hydrogen) atoms. The highest BCUT2D eigenvalue weighted by molar-refractivity contribution is 7.20. The van der Waals surface area contributed by atoms with Crippen LogP contribution in [-0.4, -0.2) is 32.5 Å². The highest BCUT2D eigenvalue weighted by atomic mass is 32.1. The normalized spacial score (nSPS) is 9.88. The Hall–Kier alpha value is -2.08. The van der Waals surface area contributed by atoms with Gasteiger partial charge in [0.2, 0.25) is 0 Å². The van der Waals surface area contributed by atoms with Gasteiger partial charge >= 0.3 is 5.97 Å². The summed E-state index contributed by atoms with van der Waals surface area (Å²) in [4.78, 5) is 24.2. The average Bonchev–Trinajstić information content (AvgIpc) is 3.03. The van der Waals surface area contributed by atoms with Gasteiger partial charge in [0.25, 0.3) is 0 Å². The fraction of sp³-hybridized carbons (Fsp3) is 0.444. The standard InChI is InChI=1S/C16H19NO4S.C2H6/c1-4-21-16(19)6-5-12(18)15-8-10-7-11(17-2)13(20-3)9-14(10)22-15;1-2/h7-9,17H,4-6H2,1-3H3;1-2H3. The van der Waals surface area contributed by atoms with Crippen LogP contribution in [0.1, 0.15) is 43.3 Å². The number of methoxy groups -OCH3 is 1. The fourth-order valence-corrected chi connectivity index (χ4v) is 3.18. The van der Waals surface area contributed by atoms with E-state index in [-0.39, 0.29) is 24.6 Å². The van der Waals surface area contributed by atoms with Crippen molar-refractivity contribution in [3.63, 3.8) is 0 Å². The molecule has 0 atom stereocenters. The lowest BCUT2D eigenvalue weighted by atomic mass is 10.1. The molecule has 0 fully saturated rings. The number of thiophene rings is 1. The zero-order valence-electron chi connectivity index (χ0n) is 14.9. The van der Waals surface area contributed by atoms with Crippen molar-refractivity contribution in [2.75, 3.05) is 26.1 Å². The number of carbonyl (C=O) groups excluding carboxylic acids is 2. The first-order valence-electron chi connectivity index (χ1n) is 8.07. The number of ketones is 1. The third-order valence-corrected chi connectivity index (χ3v) is 4.38. The van der Waals surface area contributed by atoms with Crippen molar-refractivity contribution in [1.82, 2.24) is 0 Å². The van der Waals surface area contributed by atoms with E-state index < -0.39 is 0 Å². The molecule has 1 aromatic carbocycles. The Balaban J connectivity index is 0.00000139. The first-order valence-corrected chi connectivity index (χ1v) is 8.88. The quantitative estimate of drug-likeness (QED) is 0.587. The second-order valence-corrected chi connectivity index (χ2v) is 5.76. The van der Waals surface area contributed by atoms with E-state index in [0.717, 1.165) is 21.5 Å². The number of fused-ring (bicyclic) bond motifs is 1. The summed E-state index contributed by atoms with van der Waals surface area (Å²) in [5.41, 5.74) is 0.873. The Morgan fingerprint density at radius 2 is 1.88 bits per heavy atom. The second kappa shape index (κ2) is 9.93. The number of carbonyl (C=O) groups is 2. The van der Waals surface area contributed by atoms with E-state index in [2.05, 4.69) is 5.32 Å². The number of anilines is 1. The summed E-state index contributed by atoms with van der Waals surface area (Å²) < 4.78 is 11.1. The van der Waals surface area contributed by atoms with Crippen LogP contribution in [0.15, 0.2) is 18.2 Å². The zero-order valence-corrected chi connectivity index (χ0v) is 15.7. The smallest absolute Gasteiger partial charge is 0.306 e. The number of nitrogens with one attached hydrogen (secondary N) is 1. The van der Waals surface area contributed by atoms with Gasteiger partial charge in [-0.1, -0.05) is 13.8 Å². The van der Waals surface area contributed by atoms with Crippen molar-refractivity contribution in [3.8, 4) is 5.75 Å². The molecule has 1 aromatic heterocycles. The van der Waals surface area contributed by atoms with E-state index in [1.165, 1.54) is 11.3 Å². The van der Waals surface area contributed by atoms with Crippen molar-refractivity contribution in [3.05, 3.63) is 23.1 Å². The van der Waals surface area contributed by atoms with Crippen LogP contribution in [0.3, 0.4) is 0 Å². The van der Waals surface area contributed by atoms with Gasteiger partial charge in [-0.2, -0.15) is 0 Å². The predicted octanol–water partition coefficient (Wildman–Crippen LogP) is 4.50. The van der Waals surface area contributed by atoms with Crippen molar-refractivity contribution >= 4 is 38.9 Å². The van der Waals surface area contributed by atoms with Crippen LogP contribution in [0.2, 0.25) is 0 Å². The summed E-state index contributed by atoms with van der Waals surface area (Å²) in [5.74, 6) is 0.359. The average molecular weight is 351 g/mol. The van der Waals surface area contributed by atoms with Gasteiger partial charge in [-0.25, -0.2) is 0 Å². The highest BCUT2D eigenvalue weighted by Gasteiger charge is 2.14. The Kier molecular flexibility index (Phi) is 8.26. The molecular formula is C18H25NO4S. The van der Waals surface area contributed by atoms with Crippen LogP contribution in [0.5, 0.6) is 5.75 Å². The summed E-state index contributed by atoms with van der Waals surface area (Å²) in [5, 5.41) is 4.05. The van der Waals surface area contributed by atoms with Gasteiger partial charge in [0.1, 0.15) is 5.75 Å². The Bertz CT molecular complexity index is 653. The Morgan fingerprint density at radius 3 is 2.46 bits per heavy atom. The lowest BCUT2D eigenvalue weighted by Crippen LogP contribution is -2.07. The van der Waals surface area contributed by atoms with Crippen molar-refractivity contribution in [1.29, 1.82) is 0 Å². The van der Waals surface area contributed by atoms with Gasteiger partial charge < -0.3 is 14.8 Å². The molecular weight excluding hydrogens is 326 g/mol. The number of rotatable bonds is 7. The van der Waals surface area contributed by atoms with Crippen LogP contribution in [0.4, 0.5) is 5.69 Å². The number of Topliss-reactive ketones (excluding diaryl/α,β-unsaturated/α-hetero) is 1. The molecule has 0 aliphatic carbocycles. The molecule has 0 saturated carbocycles. The van der Waals surface area contributed by atoms with E-state index in [9.17, 15) is 9.59 Å². The minimum atomic E-state index is -0.337. The lowest BCUT2D eigenvalue weighted by Gasteiger charge is -2.07. The molecule has 2 aromatic rings. The van der Waals surface area contributed by atoms with Gasteiger partial charge in [0, 0.05) is 24.2 Å². The molecule has 0 spiro atoms. The first kappa shape index (κ1) is 20.0. The lowest BCUT2D eigenvalue weighted by molar-refractivity contribution is -0.143. The van der Waals surface area contributed by atoms with Gasteiger partial charge in [0.15, 0.2) is 5.78 Å². The maximum atomic E-state index is 12.2. The molecule has 0 unspecified atom stereocenters. The van der Waals surface area contributed by atoms with Crippen LogP contribution >= 0.6 is 11.3 Å². The molecule has 1 N–H and O–H groups in total. The van der Waals surface area contributed by atoms with E-state index in [0.29, 0.717) is 11.5 Å². The van der Waals surface area contributed by atoms with E-state index in [1.807, 2.05) is 39.1 Å². The third-order valence-electron chi connectivity index (χ3n) is 3.24. The summed E-state index contributed by atoms with van der Waals surface area (Å²) in [7, 11) is 3.43. The van der Waals surface area contributed by atoms with Gasteiger partial charge in [-0.05, 0) is 24.4 Å². The topological polar surface area (TPSA) is 64.6 Å². The first-order chi connectivity index (χ1) is 11.6. The molecule has 0 radical (unpaired) electrons. The van der Waals surface area contributed by atoms with Crippen LogP contribution in [0, 0.1) is 0 Å². The summed E-state index contributed by atoms with van der Waals surface area (Å²) in [6, 6.07) is 5.72. The summed E-state index contributed by atoms with van der Waals surface area (Å²) >= 11 is 1.41. The second-order valence-electron chi connectivity index (χ2n) is 4.68. The Morgan fingerprint density at radius 1 is 1.17 bits per heavy atom. The number of benzene rings is 1. The van der Waals surface area contributed by atoms with Crippen molar-refractivity contribution in [2.24, 2.45) is 0 Å². The molecule has 1 heterocycles. The van der Waals surface area contributed by atoms with Crippen molar-refractivity contribution in [2.45, 2.75) is 33.6 Å². The fourth-order valence-electron chi connectivity index (χ4n) is 2.14. The van der Waals surface area contributed by atoms with Crippen LogP contribution in [-0.2, 0) is 9.53 Å². The molecule has 5 nitrogen and oxygen atoms in total. The summed E-state index contributed by atoms with van der Waals surface area (Å²) in [6.07, 6.45) is 0.285. The van der Waals surface area contributed by atoms with Gasteiger partial charge in [0.05, 0.1) is 30.7 Å². The largest absolute Gasteiger partial charge is 0.495 e. The van der Waals surface area contributed by atoms with Crippen molar-refractivity contribution < 1.29 is 19.1 Å². The van der Waals surface area contributed by atoms with Gasteiger partial charge in [-0.3, -0.25) is 9.59 Å². The SMILES string of the molecule is CC.CCOC(=O)CCC(=O)c1cc2cc(NC)c(OC)cc2s1. The molecule has 0 saturated heterocycles. The van der Waals surface area contributed by atoms with Gasteiger partial charge in [-0.15, -0.1) is 11.3 Å². The molecule has 0 aliphatic rings. The minimum absolute atomic E-state index is 0.0424. The van der Waals surface area contributed by atoms with Crippen LogP contribution < -0.4 is 10.1 Å². The minimum Gasteiger partial charge on any atom is -0.495 e. The summed E-state index contributed by atoms with van der Waals surface area (Å²) in [6.45, 7) is 6.08. The number of hydrogen-bond donors (Lipinski definition) is 1. The van der Waals surface area contributed by atoms with Crippen LogP contribution in [0.25, 0.3) is 10.1 Å².